The van der Waals surface area contributed by atoms with Gasteiger partial charge in [-0.1, -0.05) is 6.08 Å². The second kappa shape index (κ2) is 4.10. The lowest BCUT2D eigenvalue weighted by atomic mass is 9.90. The normalized spacial score (nSPS) is 10.9. The van der Waals surface area contributed by atoms with E-state index in [2.05, 4.69) is 6.58 Å². The van der Waals surface area contributed by atoms with Crippen molar-refractivity contribution in [1.82, 2.24) is 0 Å². The molecule has 0 saturated heterocycles. The van der Waals surface area contributed by atoms with E-state index in [1.165, 1.54) is 0 Å². The summed E-state index contributed by atoms with van der Waals surface area (Å²) in [6.07, 6.45) is 1.07. The average molecular weight is 171 g/mol. The van der Waals surface area contributed by atoms with Crippen molar-refractivity contribution in [3.8, 4) is 0 Å². The van der Waals surface area contributed by atoms with E-state index in [0.29, 0.717) is 0 Å². The Bertz CT molecular complexity index is 197. The molecule has 5 nitrogen and oxygen atoms in total. The van der Waals surface area contributed by atoms with Crippen LogP contribution in [0.15, 0.2) is 12.7 Å². The Hall–Kier alpha value is -1.04. The van der Waals surface area contributed by atoms with Crippen molar-refractivity contribution in [2.75, 3.05) is 13.1 Å². The first-order valence-corrected chi connectivity index (χ1v) is 3.42. The molecular formula is C7H13N3O2. The van der Waals surface area contributed by atoms with Gasteiger partial charge in [0.2, 0.25) is 0 Å². The van der Waals surface area contributed by atoms with E-state index in [9.17, 15) is 9.59 Å². The summed E-state index contributed by atoms with van der Waals surface area (Å²) in [4.78, 5) is 22.1. The van der Waals surface area contributed by atoms with Crippen molar-refractivity contribution in [1.29, 1.82) is 0 Å². The average Bonchev–Trinajstić information content (AvgIpc) is 2.13. The van der Waals surface area contributed by atoms with Crippen molar-refractivity contribution in [3.63, 3.8) is 0 Å². The van der Waals surface area contributed by atoms with Crippen LogP contribution in [0, 0.1) is 0 Å². The Kier molecular flexibility index (Phi) is 3.75. The van der Waals surface area contributed by atoms with Gasteiger partial charge < -0.3 is 17.2 Å². The molecule has 0 radical (unpaired) electrons. The lowest BCUT2D eigenvalue weighted by molar-refractivity contribution is -0.130. The van der Waals surface area contributed by atoms with Gasteiger partial charge in [-0.05, 0) is 0 Å². The first-order chi connectivity index (χ1) is 5.52. The molecule has 0 bridgehead atoms. The van der Waals surface area contributed by atoms with Crippen LogP contribution in [0.2, 0.25) is 0 Å². The fourth-order valence-electron chi connectivity index (χ4n) is 0.721. The summed E-state index contributed by atoms with van der Waals surface area (Å²) in [5.74, 6) is -1.15. The van der Waals surface area contributed by atoms with E-state index in [1.54, 1.807) is 0 Å². The van der Waals surface area contributed by atoms with Gasteiger partial charge in [-0.2, -0.15) is 0 Å². The molecular weight excluding hydrogens is 158 g/mol. The summed E-state index contributed by atoms with van der Waals surface area (Å²) < 4.78 is 0. The molecule has 0 aromatic rings. The van der Waals surface area contributed by atoms with Crippen LogP contribution in [0.1, 0.15) is 0 Å². The van der Waals surface area contributed by atoms with Crippen LogP contribution in [-0.2, 0) is 9.59 Å². The van der Waals surface area contributed by atoms with Gasteiger partial charge in [-0.3, -0.25) is 9.59 Å². The van der Waals surface area contributed by atoms with Crippen LogP contribution in [-0.4, -0.2) is 30.2 Å². The van der Waals surface area contributed by atoms with Crippen molar-refractivity contribution in [2.45, 2.75) is 5.54 Å². The molecule has 0 atom stereocenters. The molecule has 6 N–H and O–H groups in total. The molecule has 0 aromatic carbocycles. The van der Waals surface area contributed by atoms with E-state index < -0.39 is 17.1 Å². The lowest BCUT2D eigenvalue weighted by Gasteiger charge is -2.20. The highest BCUT2D eigenvalue weighted by atomic mass is 16.2. The zero-order valence-corrected chi connectivity index (χ0v) is 6.75. The highest BCUT2D eigenvalue weighted by Crippen LogP contribution is 2.04. The summed E-state index contributed by atoms with van der Waals surface area (Å²) in [5.41, 5.74) is 13.8. The van der Waals surface area contributed by atoms with Gasteiger partial charge in [0.15, 0.2) is 17.1 Å². The van der Waals surface area contributed by atoms with Gasteiger partial charge in [-0.15, -0.1) is 6.58 Å². The van der Waals surface area contributed by atoms with Crippen LogP contribution in [0.5, 0.6) is 0 Å². The third kappa shape index (κ3) is 1.76. The molecule has 0 saturated carbocycles. The van der Waals surface area contributed by atoms with Gasteiger partial charge in [0.25, 0.3) is 0 Å². The van der Waals surface area contributed by atoms with Crippen molar-refractivity contribution in [2.24, 2.45) is 17.2 Å². The smallest absolute Gasteiger partial charge is 0.177 e. The van der Waals surface area contributed by atoms with Crippen molar-refractivity contribution in [3.05, 3.63) is 12.7 Å². The van der Waals surface area contributed by atoms with E-state index in [0.717, 1.165) is 6.08 Å². The Morgan fingerprint density at radius 1 is 1.25 bits per heavy atom. The largest absolute Gasteiger partial charge is 0.324 e. The summed E-state index contributed by atoms with van der Waals surface area (Å²) in [6.45, 7) is 2.70. The topological polar surface area (TPSA) is 112 Å². The number of nitrogens with two attached hydrogens (primary N) is 3. The predicted molar refractivity (Wildman–Crippen MR) is 45.2 cm³/mol. The zero-order valence-electron chi connectivity index (χ0n) is 6.75. The fraction of sp³-hybridized carbons (Fsp3) is 0.429. The minimum atomic E-state index is -1.70. The molecule has 0 aliphatic rings. The highest BCUT2D eigenvalue weighted by Gasteiger charge is 2.36. The Balaban J connectivity index is 4.79. The second-order valence-corrected chi connectivity index (χ2v) is 2.33. The summed E-state index contributed by atoms with van der Waals surface area (Å²) in [5, 5.41) is 0. The van der Waals surface area contributed by atoms with Crippen LogP contribution in [0.3, 0.4) is 0 Å². The molecule has 0 aliphatic carbocycles. The van der Waals surface area contributed by atoms with E-state index in [4.69, 9.17) is 17.2 Å². The summed E-state index contributed by atoms with van der Waals surface area (Å²) >= 11 is 0. The number of Topliss-reactive ketones (excluding diaryl/α,β-unsaturated/α-hetero) is 2. The standard InChI is InChI=1S/C7H13N3O2/c1-2-7(10,5(11)3-8)6(12)4-9/h2H,1,3-4,8-10H2. The fourth-order valence-corrected chi connectivity index (χ4v) is 0.721. The zero-order chi connectivity index (χ0) is 9.78. The maximum Gasteiger partial charge on any atom is 0.177 e. The quantitative estimate of drug-likeness (QED) is 0.325. The Labute approximate surface area is 70.6 Å². The number of hydrogen-bond donors (Lipinski definition) is 3. The van der Waals surface area contributed by atoms with Crippen LogP contribution in [0.4, 0.5) is 0 Å². The predicted octanol–water partition coefficient (Wildman–Crippen LogP) is -2.07. The Morgan fingerprint density at radius 2 is 1.58 bits per heavy atom. The minimum Gasteiger partial charge on any atom is -0.324 e. The molecule has 0 aliphatic heterocycles. The van der Waals surface area contributed by atoms with Gasteiger partial charge in [0, 0.05) is 0 Å². The van der Waals surface area contributed by atoms with E-state index >= 15 is 0 Å². The van der Waals surface area contributed by atoms with E-state index in [-0.39, 0.29) is 13.1 Å². The van der Waals surface area contributed by atoms with Gasteiger partial charge in [-0.25, -0.2) is 0 Å². The number of ketones is 2. The first kappa shape index (κ1) is 11.0. The minimum absolute atomic E-state index is 0.297. The third-order valence-electron chi connectivity index (χ3n) is 1.62. The number of carbonyl (C=O) groups excluding carboxylic acids is 2. The number of carbonyl (C=O) groups is 2. The van der Waals surface area contributed by atoms with Crippen molar-refractivity contribution >= 4 is 11.6 Å². The van der Waals surface area contributed by atoms with E-state index in [1.807, 2.05) is 0 Å². The maximum absolute atomic E-state index is 11.1. The molecule has 0 aromatic heterocycles. The van der Waals surface area contributed by atoms with Crippen LogP contribution in [0.25, 0.3) is 0 Å². The van der Waals surface area contributed by atoms with Gasteiger partial charge in [0.05, 0.1) is 13.1 Å². The van der Waals surface area contributed by atoms with Gasteiger partial charge >= 0.3 is 0 Å². The van der Waals surface area contributed by atoms with Crippen LogP contribution >= 0.6 is 0 Å². The van der Waals surface area contributed by atoms with Crippen LogP contribution < -0.4 is 17.2 Å². The lowest BCUT2D eigenvalue weighted by Crippen LogP contribution is -2.57. The highest BCUT2D eigenvalue weighted by molar-refractivity contribution is 6.14. The molecule has 0 amide bonds. The third-order valence-corrected chi connectivity index (χ3v) is 1.62. The molecule has 12 heavy (non-hydrogen) atoms. The maximum atomic E-state index is 11.1. The van der Waals surface area contributed by atoms with Crippen molar-refractivity contribution < 1.29 is 9.59 Å². The molecule has 0 spiro atoms. The second-order valence-electron chi connectivity index (χ2n) is 2.33. The molecule has 68 valence electrons. The number of hydrogen-bond acceptors (Lipinski definition) is 5. The summed E-state index contributed by atoms with van der Waals surface area (Å²) in [6, 6.07) is 0. The first-order valence-electron chi connectivity index (χ1n) is 3.42. The molecule has 0 unspecified atom stereocenters. The SMILES string of the molecule is C=CC(N)(C(=O)CN)C(=O)CN. The number of rotatable bonds is 5. The molecule has 0 heterocycles. The monoisotopic (exact) mass is 171 g/mol. The van der Waals surface area contributed by atoms with Gasteiger partial charge in [0.1, 0.15) is 0 Å². The Morgan fingerprint density at radius 3 is 1.75 bits per heavy atom. The molecule has 0 rings (SSSR count). The summed E-state index contributed by atoms with van der Waals surface area (Å²) in [7, 11) is 0. The molecule has 5 heteroatoms. The molecule has 0 fully saturated rings.